The molecule has 0 aliphatic carbocycles. The second-order valence-electron chi connectivity index (χ2n) is 3.40. The van der Waals surface area contributed by atoms with E-state index in [1.807, 2.05) is 0 Å². The molecule has 3 N–H and O–H groups in total. The normalized spacial score (nSPS) is 10.5. The first-order valence-corrected chi connectivity index (χ1v) is 7.16. The SMILES string of the molecule is Nc1cccc(Cl)c1SCc1csc(C(=O)O)n1. The molecule has 0 radical (unpaired) electrons. The zero-order valence-corrected chi connectivity index (χ0v) is 11.5. The predicted octanol–water partition coefficient (Wildman–Crippen LogP) is 3.37. The third-order valence-electron chi connectivity index (χ3n) is 2.10. The number of nitrogens with zero attached hydrogens (tertiary/aromatic N) is 1. The van der Waals surface area contributed by atoms with Crippen LogP contribution in [-0.4, -0.2) is 16.1 Å². The van der Waals surface area contributed by atoms with E-state index < -0.39 is 5.97 Å². The maximum absolute atomic E-state index is 10.7. The molecule has 0 saturated carbocycles. The Morgan fingerprint density at radius 3 is 2.94 bits per heavy atom. The number of aromatic nitrogens is 1. The van der Waals surface area contributed by atoms with E-state index in [4.69, 9.17) is 22.4 Å². The fourth-order valence-electron chi connectivity index (χ4n) is 1.30. The third kappa shape index (κ3) is 2.95. The summed E-state index contributed by atoms with van der Waals surface area (Å²) in [5.74, 6) is -0.467. The molecule has 94 valence electrons. The van der Waals surface area contributed by atoms with Gasteiger partial charge in [0.25, 0.3) is 0 Å². The summed E-state index contributed by atoms with van der Waals surface area (Å²) in [6, 6.07) is 5.33. The number of thioether (sulfide) groups is 1. The van der Waals surface area contributed by atoms with Gasteiger partial charge in [-0.2, -0.15) is 0 Å². The van der Waals surface area contributed by atoms with Gasteiger partial charge >= 0.3 is 5.97 Å². The Kier molecular flexibility index (Phi) is 4.11. The number of rotatable bonds is 4. The second kappa shape index (κ2) is 5.60. The summed E-state index contributed by atoms with van der Waals surface area (Å²) in [4.78, 5) is 15.5. The van der Waals surface area contributed by atoms with Crippen LogP contribution in [0.1, 0.15) is 15.5 Å². The van der Waals surface area contributed by atoms with E-state index in [1.165, 1.54) is 11.8 Å². The molecule has 1 aromatic carbocycles. The van der Waals surface area contributed by atoms with E-state index in [-0.39, 0.29) is 5.01 Å². The van der Waals surface area contributed by atoms with Crippen LogP contribution in [0.4, 0.5) is 5.69 Å². The van der Waals surface area contributed by atoms with Crippen LogP contribution in [0, 0.1) is 0 Å². The van der Waals surface area contributed by atoms with Gasteiger partial charge in [-0.25, -0.2) is 9.78 Å². The summed E-state index contributed by atoms with van der Waals surface area (Å²) in [6.07, 6.45) is 0. The van der Waals surface area contributed by atoms with Crippen molar-refractivity contribution in [2.24, 2.45) is 0 Å². The minimum Gasteiger partial charge on any atom is -0.476 e. The van der Waals surface area contributed by atoms with Gasteiger partial charge in [-0.3, -0.25) is 0 Å². The molecule has 1 aromatic heterocycles. The lowest BCUT2D eigenvalue weighted by atomic mass is 10.3. The van der Waals surface area contributed by atoms with Crippen LogP contribution in [0.25, 0.3) is 0 Å². The van der Waals surface area contributed by atoms with Gasteiger partial charge in [0.05, 0.1) is 10.7 Å². The maximum atomic E-state index is 10.7. The fourth-order valence-corrected chi connectivity index (χ4v) is 3.28. The summed E-state index contributed by atoms with van der Waals surface area (Å²) in [5, 5.41) is 11.2. The van der Waals surface area contributed by atoms with Crippen LogP contribution in [0.2, 0.25) is 5.02 Å². The highest BCUT2D eigenvalue weighted by Gasteiger charge is 2.11. The summed E-state index contributed by atoms with van der Waals surface area (Å²) >= 11 is 8.60. The summed E-state index contributed by atoms with van der Waals surface area (Å²) in [7, 11) is 0. The Morgan fingerprint density at radius 1 is 1.56 bits per heavy atom. The van der Waals surface area contributed by atoms with Crippen molar-refractivity contribution in [3.8, 4) is 0 Å². The molecular formula is C11H9ClN2O2S2. The zero-order chi connectivity index (χ0) is 13.1. The number of benzene rings is 1. The van der Waals surface area contributed by atoms with Crippen LogP contribution >= 0.6 is 34.7 Å². The number of hydrogen-bond acceptors (Lipinski definition) is 5. The van der Waals surface area contributed by atoms with Gasteiger partial charge in [0.15, 0.2) is 0 Å². The first-order chi connectivity index (χ1) is 8.58. The predicted molar refractivity (Wildman–Crippen MR) is 74.5 cm³/mol. The van der Waals surface area contributed by atoms with E-state index >= 15 is 0 Å². The van der Waals surface area contributed by atoms with Crippen LogP contribution < -0.4 is 5.73 Å². The fraction of sp³-hybridized carbons (Fsp3) is 0.0909. The summed E-state index contributed by atoms with van der Waals surface area (Å²) < 4.78 is 0. The molecule has 0 bridgehead atoms. The number of carboxylic acids is 1. The topological polar surface area (TPSA) is 76.2 Å². The van der Waals surface area contributed by atoms with Crippen LogP contribution in [0.15, 0.2) is 28.5 Å². The number of nitrogen functional groups attached to an aromatic ring is 1. The lowest BCUT2D eigenvalue weighted by molar-refractivity contribution is 0.0696. The van der Waals surface area contributed by atoms with Crippen molar-refractivity contribution in [2.45, 2.75) is 10.6 Å². The molecule has 18 heavy (non-hydrogen) atoms. The molecule has 0 atom stereocenters. The highest BCUT2D eigenvalue weighted by atomic mass is 35.5. The molecule has 0 saturated heterocycles. The van der Waals surface area contributed by atoms with Gasteiger partial charge in [-0.1, -0.05) is 17.7 Å². The Balaban J connectivity index is 2.09. The largest absolute Gasteiger partial charge is 0.476 e. The Hall–Kier alpha value is -1.24. The standard InChI is InChI=1S/C11H9ClN2O2S2/c12-7-2-1-3-8(13)9(7)17-4-6-5-18-10(14-6)11(15)16/h1-3,5H,4,13H2,(H,15,16). The Morgan fingerprint density at radius 2 is 2.33 bits per heavy atom. The number of carboxylic acid groups (broad SMARTS) is 1. The van der Waals surface area contributed by atoms with E-state index in [2.05, 4.69) is 4.98 Å². The molecule has 1 heterocycles. The van der Waals surface area contributed by atoms with Crippen molar-refractivity contribution < 1.29 is 9.90 Å². The third-order valence-corrected chi connectivity index (χ3v) is 4.59. The zero-order valence-electron chi connectivity index (χ0n) is 9.09. The van der Waals surface area contributed by atoms with Crippen molar-refractivity contribution in [3.63, 3.8) is 0 Å². The average molecular weight is 301 g/mol. The van der Waals surface area contributed by atoms with Crippen molar-refractivity contribution in [2.75, 3.05) is 5.73 Å². The molecule has 0 unspecified atom stereocenters. The van der Waals surface area contributed by atoms with Gasteiger partial charge in [0.2, 0.25) is 5.01 Å². The number of carbonyl (C=O) groups is 1. The molecule has 2 rings (SSSR count). The number of aromatic carboxylic acids is 1. The van der Waals surface area contributed by atoms with Crippen molar-refractivity contribution in [1.29, 1.82) is 0 Å². The van der Waals surface area contributed by atoms with Crippen molar-refractivity contribution in [1.82, 2.24) is 4.98 Å². The number of anilines is 1. The second-order valence-corrected chi connectivity index (χ2v) is 5.65. The maximum Gasteiger partial charge on any atom is 0.365 e. The van der Waals surface area contributed by atoms with Gasteiger partial charge in [0, 0.05) is 21.7 Å². The van der Waals surface area contributed by atoms with E-state index in [1.54, 1.807) is 23.6 Å². The number of thiazole rings is 1. The van der Waals surface area contributed by atoms with E-state index in [0.29, 0.717) is 22.2 Å². The van der Waals surface area contributed by atoms with E-state index in [9.17, 15) is 4.79 Å². The molecule has 7 heteroatoms. The first-order valence-electron chi connectivity index (χ1n) is 4.92. The van der Waals surface area contributed by atoms with Gasteiger partial charge in [-0.05, 0) is 12.1 Å². The first kappa shape index (κ1) is 13.2. The van der Waals surface area contributed by atoms with Gasteiger partial charge < -0.3 is 10.8 Å². The molecular weight excluding hydrogens is 292 g/mol. The smallest absolute Gasteiger partial charge is 0.365 e. The van der Waals surface area contributed by atoms with Crippen LogP contribution in [0.5, 0.6) is 0 Å². The molecule has 0 fully saturated rings. The molecule has 0 aliphatic rings. The Labute approximate surface area is 117 Å². The van der Waals surface area contributed by atoms with Crippen LogP contribution in [-0.2, 0) is 5.75 Å². The highest BCUT2D eigenvalue weighted by molar-refractivity contribution is 7.98. The summed E-state index contributed by atoms with van der Waals surface area (Å²) in [5.41, 5.74) is 7.14. The average Bonchev–Trinajstić information content (AvgIpc) is 2.77. The monoisotopic (exact) mass is 300 g/mol. The number of nitrogens with two attached hydrogens (primary N) is 1. The number of halogens is 1. The Bertz CT molecular complexity index is 566. The molecule has 0 aliphatic heterocycles. The molecule has 2 aromatic rings. The van der Waals surface area contributed by atoms with Gasteiger partial charge in [0.1, 0.15) is 0 Å². The minimum atomic E-state index is -1.01. The van der Waals surface area contributed by atoms with E-state index in [0.717, 1.165) is 16.2 Å². The van der Waals surface area contributed by atoms with Crippen molar-refractivity contribution >= 4 is 46.4 Å². The molecule has 0 amide bonds. The quantitative estimate of drug-likeness (QED) is 0.669. The number of hydrogen-bond donors (Lipinski definition) is 2. The summed E-state index contributed by atoms with van der Waals surface area (Å²) in [6.45, 7) is 0. The highest BCUT2D eigenvalue weighted by Crippen LogP contribution is 2.34. The molecule has 0 spiro atoms. The lowest BCUT2D eigenvalue weighted by Gasteiger charge is -2.05. The molecule has 4 nitrogen and oxygen atoms in total. The van der Waals surface area contributed by atoms with Crippen molar-refractivity contribution in [3.05, 3.63) is 39.3 Å². The minimum absolute atomic E-state index is 0.0951. The van der Waals surface area contributed by atoms with Crippen LogP contribution in [0.3, 0.4) is 0 Å². The van der Waals surface area contributed by atoms with Gasteiger partial charge in [-0.15, -0.1) is 23.1 Å². The lowest BCUT2D eigenvalue weighted by Crippen LogP contribution is -1.95.